The second-order valence-corrected chi connectivity index (χ2v) is 9.49. The van der Waals surface area contributed by atoms with Crippen LogP contribution in [-0.2, 0) is 23.2 Å². The van der Waals surface area contributed by atoms with E-state index in [-0.39, 0.29) is 18.1 Å². The molecule has 12 heteroatoms. The van der Waals surface area contributed by atoms with E-state index < -0.39 is 16.1 Å². The Balaban J connectivity index is 1.88. The van der Waals surface area contributed by atoms with E-state index in [1.807, 2.05) is 37.3 Å². The van der Waals surface area contributed by atoms with Crippen molar-refractivity contribution in [3.63, 3.8) is 0 Å². The standard InChI is InChI=1S/C25H29N5O6S/c1-17-22(35-2)12-19(13-23(17)36-3)25(32)30(11-7-10-18-8-5-4-6-9-18)16-20-14-27-15-21(28-20)24(31)29-37(26,33)34/h4-6,8-9,12-15H,7,10-11,16H2,1-3H3,(H,29,31)(H2,26,33,34). The van der Waals surface area contributed by atoms with E-state index in [0.29, 0.717) is 35.7 Å². The summed E-state index contributed by atoms with van der Waals surface area (Å²) in [5.74, 6) is -0.306. The average molecular weight is 528 g/mol. The molecule has 1 heterocycles. The van der Waals surface area contributed by atoms with Gasteiger partial charge in [-0.15, -0.1) is 0 Å². The number of benzene rings is 2. The zero-order valence-corrected chi connectivity index (χ0v) is 21.6. The van der Waals surface area contributed by atoms with Crippen molar-refractivity contribution in [2.45, 2.75) is 26.3 Å². The summed E-state index contributed by atoms with van der Waals surface area (Å²) < 4.78 is 34.9. The normalized spacial score (nSPS) is 11.0. The maximum absolute atomic E-state index is 13.6. The number of methoxy groups -OCH3 is 2. The summed E-state index contributed by atoms with van der Waals surface area (Å²) in [7, 11) is -1.24. The molecule has 0 radical (unpaired) electrons. The van der Waals surface area contributed by atoms with Gasteiger partial charge in [-0.2, -0.15) is 8.42 Å². The number of aromatic nitrogens is 2. The Kier molecular flexibility index (Phi) is 9.15. The molecule has 0 aliphatic heterocycles. The van der Waals surface area contributed by atoms with Gasteiger partial charge in [0.2, 0.25) is 0 Å². The fourth-order valence-electron chi connectivity index (χ4n) is 3.73. The fraction of sp³-hybridized carbons (Fsp3) is 0.280. The van der Waals surface area contributed by atoms with Gasteiger partial charge >= 0.3 is 0 Å². The van der Waals surface area contributed by atoms with E-state index in [1.165, 1.54) is 20.4 Å². The number of carbonyl (C=O) groups excluding carboxylic acids is 2. The van der Waals surface area contributed by atoms with Crippen molar-refractivity contribution in [1.82, 2.24) is 19.6 Å². The minimum absolute atomic E-state index is 0.0234. The lowest BCUT2D eigenvalue weighted by Gasteiger charge is -2.23. The van der Waals surface area contributed by atoms with Crippen molar-refractivity contribution < 1.29 is 27.5 Å². The van der Waals surface area contributed by atoms with Crippen molar-refractivity contribution in [2.75, 3.05) is 20.8 Å². The predicted octanol–water partition coefficient (Wildman–Crippen LogP) is 2.01. The Bertz CT molecular complexity index is 1340. The molecule has 0 bridgehead atoms. The zero-order valence-electron chi connectivity index (χ0n) is 20.8. The van der Waals surface area contributed by atoms with Crippen molar-refractivity contribution in [3.8, 4) is 11.5 Å². The van der Waals surface area contributed by atoms with Gasteiger partial charge in [0.1, 0.15) is 17.2 Å². The number of rotatable bonds is 11. The molecule has 3 rings (SSSR count). The maximum Gasteiger partial charge on any atom is 0.299 e. The number of nitrogens with zero attached hydrogens (tertiary/aromatic N) is 3. The molecule has 2 amide bonds. The highest BCUT2D eigenvalue weighted by Gasteiger charge is 2.21. The molecule has 0 atom stereocenters. The van der Waals surface area contributed by atoms with Crippen LogP contribution in [0.25, 0.3) is 0 Å². The van der Waals surface area contributed by atoms with Crippen LogP contribution in [0.1, 0.15) is 44.1 Å². The Hall–Kier alpha value is -4.03. The predicted molar refractivity (Wildman–Crippen MR) is 136 cm³/mol. The van der Waals surface area contributed by atoms with Crippen molar-refractivity contribution in [2.24, 2.45) is 5.14 Å². The quantitative estimate of drug-likeness (QED) is 0.384. The van der Waals surface area contributed by atoms with Gasteiger partial charge in [-0.25, -0.2) is 14.8 Å². The topological polar surface area (TPSA) is 154 Å². The summed E-state index contributed by atoms with van der Waals surface area (Å²) in [4.78, 5) is 35.6. The third-order valence-corrected chi connectivity index (χ3v) is 6.00. The van der Waals surface area contributed by atoms with Crippen LogP contribution in [0.2, 0.25) is 0 Å². The fourth-order valence-corrected chi connectivity index (χ4v) is 4.10. The molecule has 11 nitrogen and oxygen atoms in total. The average Bonchev–Trinajstić information content (AvgIpc) is 2.87. The third kappa shape index (κ3) is 7.72. The van der Waals surface area contributed by atoms with E-state index in [9.17, 15) is 18.0 Å². The number of ether oxygens (including phenoxy) is 2. The van der Waals surface area contributed by atoms with E-state index >= 15 is 0 Å². The van der Waals surface area contributed by atoms with Gasteiger partial charge in [-0.05, 0) is 37.5 Å². The number of nitrogens with two attached hydrogens (primary N) is 1. The highest BCUT2D eigenvalue weighted by atomic mass is 32.2. The van der Waals surface area contributed by atoms with Crippen LogP contribution < -0.4 is 19.3 Å². The van der Waals surface area contributed by atoms with Gasteiger partial charge < -0.3 is 14.4 Å². The highest BCUT2D eigenvalue weighted by molar-refractivity contribution is 7.87. The molecule has 0 saturated heterocycles. The Labute approximate surface area is 215 Å². The van der Waals surface area contributed by atoms with E-state index in [2.05, 4.69) is 9.97 Å². The number of hydrogen-bond donors (Lipinski definition) is 2. The van der Waals surface area contributed by atoms with Crippen LogP contribution in [0.3, 0.4) is 0 Å². The van der Waals surface area contributed by atoms with E-state index in [0.717, 1.165) is 23.7 Å². The summed E-state index contributed by atoms with van der Waals surface area (Å²) >= 11 is 0. The highest BCUT2D eigenvalue weighted by Crippen LogP contribution is 2.30. The molecule has 37 heavy (non-hydrogen) atoms. The van der Waals surface area contributed by atoms with Gasteiger partial charge in [-0.1, -0.05) is 30.3 Å². The first-order valence-electron chi connectivity index (χ1n) is 11.3. The van der Waals surface area contributed by atoms with Crippen molar-refractivity contribution in [1.29, 1.82) is 0 Å². The van der Waals surface area contributed by atoms with Crippen LogP contribution in [0.15, 0.2) is 54.9 Å². The molecule has 0 fully saturated rings. The molecular weight excluding hydrogens is 498 g/mol. The molecule has 196 valence electrons. The van der Waals surface area contributed by atoms with Crippen LogP contribution in [-0.4, -0.2) is 55.9 Å². The minimum atomic E-state index is -4.27. The molecule has 1 aromatic heterocycles. The third-order valence-electron chi connectivity index (χ3n) is 5.53. The minimum Gasteiger partial charge on any atom is -0.496 e. The SMILES string of the molecule is COc1cc(C(=O)N(CCCc2ccccc2)Cc2cncc(C(=O)NS(N)(=O)=O)n2)cc(OC)c1C. The lowest BCUT2D eigenvalue weighted by molar-refractivity contribution is 0.0738. The van der Waals surface area contributed by atoms with Gasteiger partial charge in [-0.3, -0.25) is 14.6 Å². The second-order valence-electron chi connectivity index (χ2n) is 8.19. The monoisotopic (exact) mass is 527 g/mol. The molecule has 0 aliphatic rings. The lowest BCUT2D eigenvalue weighted by Crippen LogP contribution is -2.37. The number of nitrogens with one attached hydrogen (secondary N) is 1. The molecule has 0 saturated carbocycles. The number of aryl methyl sites for hydroxylation is 1. The first-order valence-corrected chi connectivity index (χ1v) is 12.9. The maximum atomic E-state index is 13.6. The molecular formula is C25H29N5O6S. The number of hydrogen-bond acceptors (Lipinski definition) is 8. The number of carbonyl (C=O) groups is 2. The van der Waals surface area contributed by atoms with Crippen molar-refractivity contribution in [3.05, 3.63) is 82.9 Å². The van der Waals surface area contributed by atoms with Crippen LogP contribution in [0, 0.1) is 6.92 Å². The molecule has 2 aromatic carbocycles. The Morgan fingerprint density at radius 3 is 2.30 bits per heavy atom. The summed E-state index contributed by atoms with van der Waals surface area (Å²) in [6.45, 7) is 2.23. The van der Waals surface area contributed by atoms with Crippen LogP contribution in [0.4, 0.5) is 0 Å². The first kappa shape index (κ1) is 27.6. The summed E-state index contributed by atoms with van der Waals surface area (Å²) in [6, 6.07) is 13.2. The largest absolute Gasteiger partial charge is 0.496 e. The Morgan fingerprint density at radius 2 is 1.70 bits per heavy atom. The molecule has 3 N–H and O–H groups in total. The summed E-state index contributed by atoms with van der Waals surface area (Å²) in [5, 5.41) is 4.88. The zero-order chi connectivity index (χ0) is 27.0. The summed E-state index contributed by atoms with van der Waals surface area (Å²) in [5.41, 5.74) is 2.30. The van der Waals surface area contributed by atoms with Gasteiger partial charge in [0.05, 0.1) is 38.9 Å². The van der Waals surface area contributed by atoms with E-state index in [4.69, 9.17) is 14.6 Å². The van der Waals surface area contributed by atoms with Crippen LogP contribution in [0.5, 0.6) is 11.5 Å². The van der Waals surface area contributed by atoms with Crippen LogP contribution >= 0.6 is 0 Å². The van der Waals surface area contributed by atoms with Gasteiger partial charge in [0.25, 0.3) is 22.0 Å². The smallest absolute Gasteiger partial charge is 0.299 e. The molecule has 0 aliphatic carbocycles. The van der Waals surface area contributed by atoms with Crippen molar-refractivity contribution >= 4 is 22.0 Å². The molecule has 0 unspecified atom stereocenters. The van der Waals surface area contributed by atoms with Gasteiger partial charge in [0.15, 0.2) is 0 Å². The van der Waals surface area contributed by atoms with Gasteiger partial charge in [0, 0.05) is 17.7 Å². The second kappa shape index (κ2) is 12.3. The first-order chi connectivity index (χ1) is 17.6. The van der Waals surface area contributed by atoms with E-state index in [1.54, 1.807) is 21.8 Å². The number of amides is 2. The Morgan fingerprint density at radius 1 is 1.05 bits per heavy atom. The lowest BCUT2D eigenvalue weighted by atomic mass is 10.1. The molecule has 0 spiro atoms. The molecule has 3 aromatic rings. The summed E-state index contributed by atoms with van der Waals surface area (Å²) in [6.07, 6.45) is 3.92.